The van der Waals surface area contributed by atoms with Crippen LogP contribution in [0.15, 0.2) is 0 Å². The molecular weight excluding hydrogens is 200 g/mol. The Labute approximate surface area is 99.8 Å². The quantitative estimate of drug-likeness (QED) is 0.536. The number of hydrogen-bond donors (Lipinski definition) is 0. The minimum absolute atomic E-state index is 0.159. The van der Waals surface area contributed by atoms with Crippen LogP contribution in [0.5, 0.6) is 0 Å². The maximum Gasteiger partial charge on any atom is 0.302 e. The standard InChI is InChI=1S/C14H26O2/c1-12(15)16-11-7-10-14(4)9-6-5-8-13(14,2)3/h5-11H2,1-4H3. The normalized spacial score (nSPS) is 28.8. The van der Waals surface area contributed by atoms with E-state index in [-0.39, 0.29) is 5.97 Å². The van der Waals surface area contributed by atoms with Crippen molar-refractivity contribution in [2.75, 3.05) is 6.61 Å². The molecule has 16 heavy (non-hydrogen) atoms. The molecule has 0 heterocycles. The van der Waals surface area contributed by atoms with Crippen LogP contribution in [0.4, 0.5) is 0 Å². The van der Waals surface area contributed by atoms with E-state index in [2.05, 4.69) is 20.8 Å². The molecule has 2 nitrogen and oxygen atoms in total. The molecule has 0 radical (unpaired) electrons. The summed E-state index contributed by atoms with van der Waals surface area (Å²) in [6.45, 7) is 9.24. The minimum atomic E-state index is -0.159. The molecule has 1 unspecified atom stereocenters. The fourth-order valence-electron chi connectivity index (χ4n) is 2.86. The molecule has 94 valence electrons. The molecule has 0 saturated heterocycles. The Hall–Kier alpha value is -0.530. The van der Waals surface area contributed by atoms with Crippen LogP contribution < -0.4 is 0 Å². The molecule has 1 atom stereocenters. The lowest BCUT2D eigenvalue weighted by Crippen LogP contribution is -2.38. The highest BCUT2D eigenvalue weighted by molar-refractivity contribution is 5.65. The van der Waals surface area contributed by atoms with Gasteiger partial charge in [-0.25, -0.2) is 0 Å². The zero-order valence-electron chi connectivity index (χ0n) is 11.3. The Balaban J connectivity index is 2.40. The van der Waals surface area contributed by atoms with Gasteiger partial charge in [-0.05, 0) is 36.5 Å². The van der Waals surface area contributed by atoms with Crippen molar-refractivity contribution >= 4 is 5.97 Å². The lowest BCUT2D eigenvalue weighted by Gasteiger charge is -2.48. The minimum Gasteiger partial charge on any atom is -0.466 e. The molecule has 1 fully saturated rings. The van der Waals surface area contributed by atoms with Crippen LogP contribution in [0.25, 0.3) is 0 Å². The molecule has 2 heteroatoms. The number of carbonyl (C=O) groups excluding carboxylic acids is 1. The van der Waals surface area contributed by atoms with Crippen LogP contribution in [0.3, 0.4) is 0 Å². The van der Waals surface area contributed by atoms with Gasteiger partial charge in [-0.3, -0.25) is 4.79 Å². The van der Waals surface area contributed by atoms with E-state index in [0.717, 1.165) is 6.42 Å². The zero-order chi connectivity index (χ0) is 12.2. The van der Waals surface area contributed by atoms with E-state index in [1.165, 1.54) is 39.0 Å². The summed E-state index contributed by atoms with van der Waals surface area (Å²) in [6.07, 6.45) is 7.55. The summed E-state index contributed by atoms with van der Waals surface area (Å²) in [5.74, 6) is -0.159. The molecule has 0 aromatic heterocycles. The van der Waals surface area contributed by atoms with Crippen molar-refractivity contribution in [2.45, 2.75) is 66.2 Å². The predicted octanol–water partition coefficient (Wildman–Crippen LogP) is 3.94. The lowest BCUT2D eigenvalue weighted by molar-refractivity contribution is -0.141. The predicted molar refractivity (Wildman–Crippen MR) is 66.2 cm³/mol. The van der Waals surface area contributed by atoms with E-state index in [9.17, 15) is 4.79 Å². The summed E-state index contributed by atoms with van der Waals surface area (Å²) in [5, 5.41) is 0. The van der Waals surface area contributed by atoms with Gasteiger partial charge in [0.2, 0.25) is 0 Å². The summed E-state index contributed by atoms with van der Waals surface area (Å²) in [6, 6.07) is 0. The van der Waals surface area contributed by atoms with E-state index >= 15 is 0 Å². The summed E-state index contributed by atoms with van der Waals surface area (Å²) in [7, 11) is 0. The van der Waals surface area contributed by atoms with E-state index in [0.29, 0.717) is 17.4 Å². The molecule has 1 saturated carbocycles. The highest BCUT2D eigenvalue weighted by atomic mass is 16.5. The first-order valence-electron chi connectivity index (χ1n) is 6.51. The van der Waals surface area contributed by atoms with Crippen molar-refractivity contribution < 1.29 is 9.53 Å². The largest absolute Gasteiger partial charge is 0.466 e. The SMILES string of the molecule is CC(=O)OCCCC1(C)CCCCC1(C)C. The Bertz CT molecular complexity index is 245. The zero-order valence-corrected chi connectivity index (χ0v) is 11.3. The van der Waals surface area contributed by atoms with Crippen molar-refractivity contribution in [3.63, 3.8) is 0 Å². The van der Waals surface area contributed by atoms with Gasteiger partial charge in [0.25, 0.3) is 0 Å². The first kappa shape index (κ1) is 13.5. The van der Waals surface area contributed by atoms with Crippen molar-refractivity contribution in [1.29, 1.82) is 0 Å². The van der Waals surface area contributed by atoms with Crippen molar-refractivity contribution in [1.82, 2.24) is 0 Å². The fraction of sp³-hybridized carbons (Fsp3) is 0.929. The molecule has 1 aliphatic rings. The van der Waals surface area contributed by atoms with Crippen LogP contribution in [0.1, 0.15) is 66.2 Å². The first-order chi connectivity index (χ1) is 7.37. The second-order valence-electron chi connectivity index (χ2n) is 6.10. The molecule has 0 N–H and O–H groups in total. The van der Waals surface area contributed by atoms with Gasteiger partial charge in [0.15, 0.2) is 0 Å². The molecule has 1 aliphatic carbocycles. The Morgan fingerprint density at radius 1 is 1.19 bits per heavy atom. The van der Waals surface area contributed by atoms with Gasteiger partial charge in [-0.1, -0.05) is 33.6 Å². The molecule has 0 amide bonds. The summed E-state index contributed by atoms with van der Waals surface area (Å²) >= 11 is 0. The van der Waals surface area contributed by atoms with Gasteiger partial charge < -0.3 is 4.74 Å². The Kier molecular flexibility index (Phi) is 4.40. The average Bonchev–Trinajstić information content (AvgIpc) is 2.18. The molecule has 1 rings (SSSR count). The van der Waals surface area contributed by atoms with Crippen molar-refractivity contribution in [2.24, 2.45) is 10.8 Å². The van der Waals surface area contributed by atoms with Crippen molar-refractivity contribution in [3.05, 3.63) is 0 Å². The second-order valence-corrected chi connectivity index (χ2v) is 6.10. The highest BCUT2D eigenvalue weighted by Crippen LogP contribution is 2.52. The summed E-state index contributed by atoms with van der Waals surface area (Å²) in [4.78, 5) is 10.7. The highest BCUT2D eigenvalue weighted by Gasteiger charge is 2.41. The van der Waals surface area contributed by atoms with Crippen LogP contribution in [0.2, 0.25) is 0 Å². The van der Waals surface area contributed by atoms with Crippen LogP contribution in [-0.2, 0) is 9.53 Å². The third-order valence-corrected chi connectivity index (χ3v) is 4.59. The topological polar surface area (TPSA) is 26.3 Å². The first-order valence-corrected chi connectivity index (χ1v) is 6.51. The summed E-state index contributed by atoms with van der Waals surface area (Å²) in [5.41, 5.74) is 0.854. The monoisotopic (exact) mass is 226 g/mol. The number of rotatable bonds is 4. The number of esters is 1. The molecule has 0 aromatic rings. The lowest BCUT2D eigenvalue weighted by atomic mass is 9.57. The van der Waals surface area contributed by atoms with Crippen LogP contribution >= 0.6 is 0 Å². The maximum absolute atomic E-state index is 10.7. The Morgan fingerprint density at radius 3 is 2.38 bits per heavy atom. The molecule has 0 aliphatic heterocycles. The summed E-state index contributed by atoms with van der Waals surface area (Å²) < 4.78 is 5.01. The van der Waals surface area contributed by atoms with Gasteiger partial charge in [-0.2, -0.15) is 0 Å². The van der Waals surface area contributed by atoms with E-state index < -0.39 is 0 Å². The van der Waals surface area contributed by atoms with Gasteiger partial charge in [0, 0.05) is 6.92 Å². The van der Waals surface area contributed by atoms with Gasteiger partial charge in [-0.15, -0.1) is 0 Å². The number of ether oxygens (including phenoxy) is 1. The second kappa shape index (κ2) is 5.20. The molecule has 0 spiro atoms. The molecule has 0 aromatic carbocycles. The number of hydrogen-bond acceptors (Lipinski definition) is 2. The van der Waals surface area contributed by atoms with E-state index in [1.807, 2.05) is 0 Å². The van der Waals surface area contributed by atoms with Gasteiger partial charge in [0.1, 0.15) is 0 Å². The van der Waals surface area contributed by atoms with Crippen LogP contribution in [0, 0.1) is 10.8 Å². The van der Waals surface area contributed by atoms with Crippen LogP contribution in [-0.4, -0.2) is 12.6 Å². The molecular formula is C14H26O2. The molecule has 0 bridgehead atoms. The smallest absolute Gasteiger partial charge is 0.302 e. The Morgan fingerprint density at radius 2 is 1.81 bits per heavy atom. The fourth-order valence-corrected chi connectivity index (χ4v) is 2.86. The maximum atomic E-state index is 10.7. The number of carbonyl (C=O) groups is 1. The van der Waals surface area contributed by atoms with Gasteiger partial charge in [0.05, 0.1) is 6.61 Å². The van der Waals surface area contributed by atoms with E-state index in [1.54, 1.807) is 0 Å². The third-order valence-electron chi connectivity index (χ3n) is 4.59. The van der Waals surface area contributed by atoms with Gasteiger partial charge >= 0.3 is 5.97 Å². The van der Waals surface area contributed by atoms with Crippen molar-refractivity contribution in [3.8, 4) is 0 Å². The van der Waals surface area contributed by atoms with E-state index in [4.69, 9.17) is 4.74 Å². The average molecular weight is 226 g/mol. The third kappa shape index (κ3) is 3.23.